The summed E-state index contributed by atoms with van der Waals surface area (Å²) in [6.45, 7) is 17.8. The van der Waals surface area contributed by atoms with Gasteiger partial charge in [0, 0.05) is 109 Å². The smallest absolute Gasteiger partial charge is 0.422 e. The van der Waals surface area contributed by atoms with Crippen LogP contribution in [-0.4, -0.2) is 168 Å². The molecule has 1 saturated heterocycles. The van der Waals surface area contributed by atoms with E-state index in [1.807, 2.05) is 129 Å². The number of halogens is 1. The number of ether oxygens (including phenoxy) is 2. The van der Waals surface area contributed by atoms with E-state index in [0.717, 1.165) is 57.5 Å². The Morgan fingerprint density at radius 3 is 1.33 bits per heavy atom. The first-order valence-corrected chi connectivity index (χ1v) is 39.0. The van der Waals surface area contributed by atoms with Crippen molar-refractivity contribution in [2.45, 2.75) is 104 Å². The number of aromatic nitrogens is 8. The summed E-state index contributed by atoms with van der Waals surface area (Å²) < 4.78 is 67.2. The highest BCUT2D eigenvalue weighted by molar-refractivity contribution is 7.87. The van der Waals surface area contributed by atoms with Crippen LogP contribution in [0.4, 0.5) is 58.6 Å². The number of rotatable bonds is 19. The van der Waals surface area contributed by atoms with Gasteiger partial charge in [-0.2, -0.15) is 40.7 Å². The van der Waals surface area contributed by atoms with Crippen LogP contribution in [0.15, 0.2) is 182 Å². The molecule has 0 aliphatic carbocycles. The average molecular weight is 1650 g/mol. The van der Waals surface area contributed by atoms with Gasteiger partial charge in [0.1, 0.15) is 36.5 Å². The van der Waals surface area contributed by atoms with Crippen LogP contribution in [0, 0.1) is 0 Å². The Morgan fingerprint density at radius 1 is 0.491 bits per heavy atom. The summed E-state index contributed by atoms with van der Waals surface area (Å²) in [6.07, 6.45) is -0.330. The van der Waals surface area contributed by atoms with E-state index in [4.69, 9.17) is 31.3 Å². The Hall–Kier alpha value is -12.8. The number of amides is 10. The summed E-state index contributed by atoms with van der Waals surface area (Å²) in [4.78, 5) is 93.9. The molecule has 35 nitrogen and oxygen atoms in total. The second-order valence-electron chi connectivity index (χ2n) is 29.9. The van der Waals surface area contributed by atoms with Gasteiger partial charge in [0.2, 0.25) is 0 Å². The minimum Gasteiger partial charge on any atom is -0.444 e. The molecule has 6 aromatic carbocycles. The molecule has 12 rings (SSSR count). The number of aromatic amines is 1. The molecule has 0 unspecified atom stereocenters. The van der Waals surface area contributed by atoms with Crippen molar-refractivity contribution in [3.63, 3.8) is 0 Å². The molecule has 116 heavy (non-hydrogen) atoms. The number of likely N-dealkylation sites (N-methyl/N-ethyl adjacent to an activating group) is 1. The number of aliphatic hydroxyl groups is 2. The van der Waals surface area contributed by atoms with Crippen molar-refractivity contribution in [1.29, 1.82) is 0 Å². The van der Waals surface area contributed by atoms with E-state index in [9.17, 15) is 60.6 Å². The normalized spacial score (nSPS) is 13.0. The summed E-state index contributed by atoms with van der Waals surface area (Å²) in [5.41, 5.74) is 8.24. The maximum absolute atomic E-state index is 12.9. The molecule has 0 atom stereocenters. The molecular formula is C78H89ClN20O15S2. The van der Waals surface area contributed by atoms with Crippen molar-refractivity contribution in [3.8, 4) is 17.1 Å². The highest BCUT2D eigenvalue weighted by Gasteiger charge is 2.56. The van der Waals surface area contributed by atoms with Gasteiger partial charge in [-0.1, -0.05) is 129 Å². The van der Waals surface area contributed by atoms with Gasteiger partial charge in [-0.05, 0) is 120 Å². The Kier molecular flexibility index (Phi) is 25.8. The molecule has 10 amide bonds. The van der Waals surface area contributed by atoms with E-state index >= 15 is 0 Å². The Bertz CT molecular complexity index is 5690. The molecule has 1 fully saturated rings. The topological polar surface area (TPSA) is 438 Å². The lowest BCUT2D eigenvalue weighted by atomic mass is 9.92. The fraction of sp³-hybridized carbons (Fsp3) is 0.269. The van der Waals surface area contributed by atoms with Crippen molar-refractivity contribution in [1.82, 2.24) is 67.4 Å². The van der Waals surface area contributed by atoms with Crippen LogP contribution in [0.5, 0.6) is 0 Å². The van der Waals surface area contributed by atoms with E-state index in [1.165, 1.54) is 35.2 Å². The SMILES string of the molecule is CN(C)S(=O)(=O)NC(=O)OCc1ccc(-n2nc(C(C)(C)C)cc2NC(=O)Nc2ccc3[nH]ccc3c2)cc1.CN(C)S(=O)(=O)NC(=O)OCc1ccc(-n2nc(C(C)(C)C)cc2NC(=O)Nc2ccc3ccccc3n2)cc1.CN1C(=O)C(O)(O)C(=O)N1Cc1ccc(-n2nc(C(C)(C)C)cc2NC(=O)Nc2ccc(Cl)cc2)cc1. The number of nitrogens with one attached hydrogen (secondary N) is 9. The van der Waals surface area contributed by atoms with Crippen LogP contribution < -0.4 is 41.3 Å². The molecule has 610 valence electrons. The fourth-order valence-corrected chi connectivity index (χ4v) is 11.8. The minimum absolute atomic E-state index is 0.0504. The number of urea groups is 3. The number of hydrogen-bond acceptors (Lipinski definition) is 19. The van der Waals surface area contributed by atoms with E-state index in [-0.39, 0.29) is 36.0 Å². The largest absolute Gasteiger partial charge is 0.444 e. The number of H-pyrrole nitrogens is 1. The zero-order valence-corrected chi connectivity index (χ0v) is 68.1. The molecule has 0 radical (unpaired) electrons. The third-order valence-corrected chi connectivity index (χ3v) is 20.4. The maximum Gasteiger partial charge on any atom is 0.422 e. The van der Waals surface area contributed by atoms with Gasteiger partial charge in [-0.3, -0.25) is 30.9 Å². The molecule has 0 bridgehead atoms. The number of benzene rings is 6. The number of fused-ring (bicyclic) bond motifs is 2. The summed E-state index contributed by atoms with van der Waals surface area (Å²) >= 11 is 5.90. The van der Waals surface area contributed by atoms with Crippen LogP contribution in [0.1, 0.15) is 96.1 Å². The van der Waals surface area contributed by atoms with Crippen molar-refractivity contribution >= 4 is 131 Å². The predicted molar refractivity (Wildman–Crippen MR) is 439 cm³/mol. The third-order valence-electron chi connectivity index (χ3n) is 17.4. The van der Waals surface area contributed by atoms with Gasteiger partial charge in [0.15, 0.2) is 0 Å². The Labute approximate surface area is 673 Å². The molecule has 5 aromatic heterocycles. The monoisotopic (exact) mass is 1640 g/mol. The highest BCUT2D eigenvalue weighted by atomic mass is 35.5. The molecule has 1 aliphatic heterocycles. The van der Waals surface area contributed by atoms with Gasteiger partial charge in [-0.25, -0.2) is 62.5 Å². The number of pyridine rings is 1. The molecule has 11 N–H and O–H groups in total. The predicted octanol–water partition coefficient (Wildman–Crippen LogP) is 11.6. The lowest BCUT2D eigenvalue weighted by Gasteiger charge is -2.23. The fourth-order valence-electron chi connectivity index (χ4n) is 10.8. The van der Waals surface area contributed by atoms with E-state index < -0.39 is 68.3 Å². The van der Waals surface area contributed by atoms with Crippen molar-refractivity contribution < 1.29 is 70.1 Å². The second kappa shape index (κ2) is 34.9. The first-order valence-electron chi connectivity index (χ1n) is 35.7. The summed E-state index contributed by atoms with van der Waals surface area (Å²) in [6, 6.07) is 50.3. The molecule has 0 spiro atoms. The van der Waals surface area contributed by atoms with Crippen LogP contribution in [-0.2, 0) is 75.5 Å². The molecule has 11 aromatic rings. The quantitative estimate of drug-likeness (QED) is 0.0265. The van der Waals surface area contributed by atoms with Crippen molar-refractivity contribution in [2.24, 2.45) is 0 Å². The number of para-hydroxylation sites is 1. The first-order chi connectivity index (χ1) is 54.4. The van der Waals surface area contributed by atoms with E-state index in [0.29, 0.717) is 73.4 Å². The Balaban J connectivity index is 0.000000184. The number of carbonyl (C=O) groups is 7. The second-order valence-corrected chi connectivity index (χ2v) is 34.1. The number of carbonyl (C=O) groups excluding carboxylic acids is 7. The average Bonchev–Trinajstić information content (AvgIpc) is 1.62. The molecule has 0 saturated carbocycles. The van der Waals surface area contributed by atoms with E-state index in [1.54, 1.807) is 139 Å². The van der Waals surface area contributed by atoms with Gasteiger partial charge in [-0.15, -0.1) is 0 Å². The summed E-state index contributed by atoms with van der Waals surface area (Å²) in [5, 5.41) is 54.8. The van der Waals surface area contributed by atoms with Gasteiger partial charge >= 0.3 is 68.3 Å². The van der Waals surface area contributed by atoms with Crippen LogP contribution in [0.25, 0.3) is 38.9 Å². The lowest BCUT2D eigenvalue weighted by molar-refractivity contribution is -0.186. The molecule has 38 heteroatoms. The number of anilines is 6. The van der Waals surface area contributed by atoms with Crippen molar-refractivity contribution in [2.75, 3.05) is 67.1 Å². The van der Waals surface area contributed by atoms with Crippen LogP contribution in [0.2, 0.25) is 5.02 Å². The maximum atomic E-state index is 12.9. The van der Waals surface area contributed by atoms with Gasteiger partial charge in [0.05, 0.1) is 46.2 Å². The number of nitrogens with zero attached hydrogens (tertiary/aromatic N) is 11. The van der Waals surface area contributed by atoms with Crippen molar-refractivity contribution in [3.05, 3.63) is 221 Å². The first kappa shape index (κ1) is 85.6. The zero-order chi connectivity index (χ0) is 84.6. The lowest BCUT2D eigenvalue weighted by Crippen LogP contribution is -2.43. The van der Waals surface area contributed by atoms with Crippen LogP contribution in [0.3, 0.4) is 0 Å². The molecule has 6 heterocycles. The Morgan fingerprint density at radius 2 is 0.905 bits per heavy atom. The summed E-state index contributed by atoms with van der Waals surface area (Å²) in [5.74, 6) is -3.55. The number of hydrazine groups is 1. The van der Waals surface area contributed by atoms with Gasteiger partial charge < -0.3 is 35.3 Å². The third kappa shape index (κ3) is 21.7. The van der Waals surface area contributed by atoms with Crippen LogP contribution >= 0.6 is 11.6 Å². The summed E-state index contributed by atoms with van der Waals surface area (Å²) in [7, 11) is -1.42. The van der Waals surface area contributed by atoms with Gasteiger partial charge in [0.25, 0.3) is 0 Å². The molecular weight excluding hydrogens is 1560 g/mol. The zero-order valence-electron chi connectivity index (χ0n) is 65.8. The molecule has 1 aliphatic rings. The number of hydrogen-bond donors (Lipinski definition) is 11. The standard InChI is InChI=1S/C27H31N7O5S.C26H31N7O5S.C25H27ClN6O5/c1-27(2,3)22-16-24(30-25(35)29-23-15-12-19-8-6-7-9-21(19)28-23)34(31-22)20-13-10-18(11-14-20)17-39-26(36)32-40(37,38)33(4)5;1-26(2,3)22-15-23(29-24(34)28-19-8-11-21-18(14-19)12-13-27-21)33(30-22)20-9-6-17(7-10-20)16-38-25(35)31-39(36,37)32(4)5;1-24(2,3)19-13-20(28-23(35)27-17-9-7-16(26)8-10-17)32(29-19)18-11-5-15(6-12-18)14-31-22(34)25(36,37)21(33)30(31)4/h6-16H,17H2,1-5H3,(H,32,36)(H2,28,29,30,35);6-15,27H,16H2,1-5H3,(H,31,35)(H2,28,29,34);5-13,36-37H,14H2,1-4H3,(H2,27,28,35). The minimum atomic E-state index is -3.95. The van der Waals surface area contributed by atoms with E-state index in [2.05, 4.69) is 47.0 Å². The highest BCUT2D eigenvalue weighted by Crippen LogP contribution is 2.32.